The van der Waals surface area contributed by atoms with Crippen LogP contribution in [0.25, 0.3) is 0 Å². The fourth-order valence-corrected chi connectivity index (χ4v) is 1.58. The van der Waals surface area contributed by atoms with Gasteiger partial charge in [-0.25, -0.2) is 8.78 Å². The van der Waals surface area contributed by atoms with Crippen molar-refractivity contribution in [2.24, 2.45) is 0 Å². The quantitative estimate of drug-likeness (QED) is 0.649. The number of halogens is 3. The van der Waals surface area contributed by atoms with Crippen molar-refractivity contribution in [1.82, 2.24) is 5.32 Å². The molecule has 1 unspecified atom stereocenters. The maximum atomic E-state index is 11.8. The molecule has 0 amide bonds. The molecule has 0 radical (unpaired) electrons. The maximum Gasteiger partial charge on any atom is 0.261 e. The second kappa shape index (κ2) is 9.88. The molecule has 0 fully saturated rings. The van der Waals surface area contributed by atoms with Crippen molar-refractivity contribution in [1.29, 1.82) is 0 Å². The number of ether oxygens (including phenoxy) is 2. The van der Waals surface area contributed by atoms with Crippen LogP contribution in [-0.2, 0) is 4.74 Å². The van der Waals surface area contributed by atoms with Crippen LogP contribution in [0.4, 0.5) is 8.78 Å². The van der Waals surface area contributed by atoms with E-state index in [1.807, 2.05) is 0 Å². The largest absolute Gasteiger partial charge is 0.489 e. The zero-order valence-electron chi connectivity index (χ0n) is 10.9. The number of alkyl halides is 2. The van der Waals surface area contributed by atoms with Gasteiger partial charge in [0.05, 0.1) is 11.6 Å². The lowest BCUT2D eigenvalue weighted by Gasteiger charge is -2.14. The Labute approximate surface area is 121 Å². The van der Waals surface area contributed by atoms with Crippen molar-refractivity contribution in [3.05, 3.63) is 29.3 Å². The van der Waals surface area contributed by atoms with E-state index in [9.17, 15) is 13.9 Å². The third kappa shape index (κ3) is 7.59. The molecule has 2 N–H and O–H groups in total. The van der Waals surface area contributed by atoms with Crippen LogP contribution in [0.1, 0.15) is 0 Å². The van der Waals surface area contributed by atoms with E-state index in [1.165, 1.54) is 0 Å². The summed E-state index contributed by atoms with van der Waals surface area (Å²) in [5, 5.41) is 13.0. The summed E-state index contributed by atoms with van der Waals surface area (Å²) in [5.74, 6) is 0.508. The average Bonchev–Trinajstić information content (AvgIpc) is 2.41. The van der Waals surface area contributed by atoms with Crippen molar-refractivity contribution in [2.45, 2.75) is 12.5 Å². The Balaban J connectivity index is 2.06. The minimum absolute atomic E-state index is 0.0919. The molecule has 0 aliphatic carbocycles. The Kier molecular flexibility index (Phi) is 8.45. The fraction of sp³-hybridized carbons (Fsp3) is 0.538. The van der Waals surface area contributed by atoms with Crippen molar-refractivity contribution in [2.75, 3.05) is 32.9 Å². The molecule has 0 heterocycles. The molecule has 0 aliphatic heterocycles. The van der Waals surface area contributed by atoms with Crippen LogP contribution >= 0.6 is 11.6 Å². The molecule has 0 aliphatic rings. The number of hydrogen-bond donors (Lipinski definition) is 2. The van der Waals surface area contributed by atoms with E-state index in [0.717, 1.165) is 0 Å². The summed E-state index contributed by atoms with van der Waals surface area (Å²) in [6, 6.07) is 6.97. The lowest BCUT2D eigenvalue weighted by atomic mass is 10.3. The minimum atomic E-state index is -2.45. The highest BCUT2D eigenvalue weighted by molar-refractivity contribution is 6.32. The van der Waals surface area contributed by atoms with Crippen LogP contribution in [0, 0.1) is 0 Å². The predicted molar refractivity (Wildman–Crippen MR) is 72.6 cm³/mol. The summed E-state index contributed by atoms with van der Waals surface area (Å²) < 4.78 is 33.5. The molecule has 0 aromatic heterocycles. The van der Waals surface area contributed by atoms with E-state index in [0.29, 0.717) is 17.3 Å². The molecule has 1 aromatic carbocycles. The molecular formula is C13H18ClF2NO3. The van der Waals surface area contributed by atoms with Gasteiger partial charge in [0.15, 0.2) is 0 Å². The number of nitrogens with one attached hydrogen (secondary N) is 1. The lowest BCUT2D eigenvalue weighted by Crippen LogP contribution is -2.33. The minimum Gasteiger partial charge on any atom is -0.489 e. The number of aliphatic hydroxyl groups is 1. The second-order valence-corrected chi connectivity index (χ2v) is 4.47. The first kappa shape index (κ1) is 17.1. The number of aliphatic hydroxyl groups excluding tert-OH is 1. The summed E-state index contributed by atoms with van der Waals surface area (Å²) in [6.45, 7) is 0.356. The molecular weight excluding hydrogens is 292 g/mol. The van der Waals surface area contributed by atoms with E-state index in [4.69, 9.17) is 16.3 Å². The summed E-state index contributed by atoms with van der Waals surface area (Å²) in [4.78, 5) is 0. The maximum absolute atomic E-state index is 11.8. The average molecular weight is 310 g/mol. The van der Waals surface area contributed by atoms with Gasteiger partial charge in [0, 0.05) is 13.1 Å². The molecule has 7 heteroatoms. The van der Waals surface area contributed by atoms with Gasteiger partial charge in [-0.2, -0.15) is 0 Å². The van der Waals surface area contributed by atoms with Gasteiger partial charge in [0.2, 0.25) is 0 Å². The lowest BCUT2D eigenvalue weighted by molar-refractivity contribution is 0.0177. The first-order chi connectivity index (χ1) is 9.59. The normalized spacial score (nSPS) is 12.7. The molecule has 4 nitrogen and oxygen atoms in total. The molecule has 0 saturated carbocycles. The van der Waals surface area contributed by atoms with Crippen LogP contribution in [-0.4, -0.2) is 50.5 Å². The van der Waals surface area contributed by atoms with Crippen LogP contribution < -0.4 is 10.1 Å². The third-order valence-electron chi connectivity index (χ3n) is 2.31. The van der Waals surface area contributed by atoms with Gasteiger partial charge in [-0.3, -0.25) is 0 Å². The van der Waals surface area contributed by atoms with Gasteiger partial charge in [0.1, 0.15) is 25.1 Å². The van der Waals surface area contributed by atoms with Crippen LogP contribution in [0.3, 0.4) is 0 Å². The van der Waals surface area contributed by atoms with Gasteiger partial charge in [0.25, 0.3) is 6.43 Å². The predicted octanol–water partition coefficient (Wildman–Crippen LogP) is 1.95. The van der Waals surface area contributed by atoms with Gasteiger partial charge in [-0.15, -0.1) is 0 Å². The Morgan fingerprint density at radius 1 is 1.25 bits per heavy atom. The van der Waals surface area contributed by atoms with Crippen molar-refractivity contribution in [3.63, 3.8) is 0 Å². The molecule has 1 atom stereocenters. The number of benzene rings is 1. The number of hydrogen-bond acceptors (Lipinski definition) is 4. The molecule has 114 valence electrons. The van der Waals surface area contributed by atoms with Crippen molar-refractivity contribution in [3.8, 4) is 5.75 Å². The molecule has 1 rings (SSSR count). The Bertz CT molecular complexity index is 382. The summed E-state index contributed by atoms with van der Waals surface area (Å²) in [5.41, 5.74) is 0. The van der Waals surface area contributed by atoms with Crippen LogP contribution in [0.15, 0.2) is 24.3 Å². The highest BCUT2D eigenvalue weighted by atomic mass is 35.5. The molecule has 0 bridgehead atoms. The van der Waals surface area contributed by atoms with Gasteiger partial charge < -0.3 is 19.9 Å². The second-order valence-electron chi connectivity index (χ2n) is 4.07. The first-order valence-electron chi connectivity index (χ1n) is 6.21. The zero-order chi connectivity index (χ0) is 14.8. The van der Waals surface area contributed by atoms with E-state index >= 15 is 0 Å². The highest BCUT2D eigenvalue weighted by Gasteiger charge is 2.07. The van der Waals surface area contributed by atoms with Gasteiger partial charge in [-0.1, -0.05) is 23.7 Å². The van der Waals surface area contributed by atoms with E-state index in [2.05, 4.69) is 10.1 Å². The van der Waals surface area contributed by atoms with E-state index in [1.54, 1.807) is 24.3 Å². The van der Waals surface area contributed by atoms with Gasteiger partial charge in [-0.05, 0) is 12.1 Å². The monoisotopic (exact) mass is 309 g/mol. The summed E-state index contributed by atoms with van der Waals surface area (Å²) in [6.07, 6.45) is -3.18. The fourth-order valence-electron chi connectivity index (χ4n) is 1.39. The smallest absolute Gasteiger partial charge is 0.261 e. The standard InChI is InChI=1S/C13H18ClF2NO3/c14-11-3-1-2-4-12(11)20-8-10(18)7-17-5-6-19-9-13(15)16/h1-4,10,13,17-18H,5-9H2. The summed E-state index contributed by atoms with van der Waals surface area (Å²) >= 11 is 5.89. The van der Waals surface area contributed by atoms with Crippen LogP contribution in [0.5, 0.6) is 5.75 Å². The topological polar surface area (TPSA) is 50.7 Å². The zero-order valence-corrected chi connectivity index (χ0v) is 11.7. The molecule has 20 heavy (non-hydrogen) atoms. The SMILES string of the molecule is OC(CNCCOCC(F)F)COc1ccccc1Cl. The van der Waals surface area contributed by atoms with E-state index in [-0.39, 0.29) is 19.8 Å². The van der Waals surface area contributed by atoms with Gasteiger partial charge >= 0.3 is 0 Å². The first-order valence-corrected chi connectivity index (χ1v) is 6.59. The number of rotatable bonds is 10. The Hall–Kier alpha value is -0.950. The molecule has 0 saturated heterocycles. The third-order valence-corrected chi connectivity index (χ3v) is 2.63. The number of para-hydroxylation sites is 1. The van der Waals surface area contributed by atoms with Crippen LogP contribution in [0.2, 0.25) is 5.02 Å². The van der Waals surface area contributed by atoms with Crippen molar-refractivity contribution >= 4 is 11.6 Å². The molecule has 1 aromatic rings. The van der Waals surface area contributed by atoms with E-state index < -0.39 is 19.1 Å². The summed E-state index contributed by atoms with van der Waals surface area (Å²) in [7, 11) is 0. The molecule has 0 spiro atoms. The Morgan fingerprint density at radius 2 is 2.00 bits per heavy atom. The van der Waals surface area contributed by atoms with Crippen molar-refractivity contribution < 1.29 is 23.4 Å². The Morgan fingerprint density at radius 3 is 2.70 bits per heavy atom. The highest BCUT2D eigenvalue weighted by Crippen LogP contribution is 2.22.